The first-order valence-electron chi connectivity index (χ1n) is 8.83. The van der Waals surface area contributed by atoms with Crippen molar-refractivity contribution in [2.45, 2.75) is 19.9 Å². The molecule has 1 heterocycles. The normalized spacial score (nSPS) is 9.72. The van der Waals surface area contributed by atoms with Gasteiger partial charge in [0.1, 0.15) is 11.6 Å². The number of nitrogens with one attached hydrogen (secondary N) is 1. The lowest BCUT2D eigenvalue weighted by Crippen LogP contribution is -2.24. The van der Waals surface area contributed by atoms with Gasteiger partial charge in [-0.1, -0.05) is 18.2 Å². The molecule has 0 radical (unpaired) electrons. The molecule has 4 nitrogen and oxygen atoms in total. The highest BCUT2D eigenvalue weighted by atomic mass is 35.5. The van der Waals surface area contributed by atoms with Gasteiger partial charge in [0, 0.05) is 18.3 Å². The lowest BCUT2D eigenvalue weighted by molar-refractivity contribution is -0.120. The number of hydrogen-bond acceptors (Lipinski definition) is 3. The summed E-state index contributed by atoms with van der Waals surface area (Å²) in [5, 5.41) is 2.79. The van der Waals surface area contributed by atoms with Crippen molar-refractivity contribution in [2.24, 2.45) is 0 Å². The smallest absolute Gasteiger partial charge is 0.224 e. The fourth-order valence-electron chi connectivity index (χ4n) is 2.68. The molecule has 0 spiro atoms. The fourth-order valence-corrected chi connectivity index (χ4v) is 2.68. The Bertz CT molecular complexity index is 903. The fraction of sp³-hybridized carbons (Fsp3) is 0.182. The zero-order valence-electron chi connectivity index (χ0n) is 15.9. The summed E-state index contributed by atoms with van der Waals surface area (Å²) in [4.78, 5) is 16.5. The number of rotatable bonds is 7. The van der Waals surface area contributed by atoms with E-state index < -0.39 is 0 Å². The Kier molecular flexibility index (Phi) is 10.1. The van der Waals surface area contributed by atoms with Crippen LogP contribution in [0.2, 0.25) is 0 Å². The van der Waals surface area contributed by atoms with Crippen LogP contribution in [0.15, 0.2) is 66.9 Å². The van der Waals surface area contributed by atoms with Gasteiger partial charge in [-0.25, -0.2) is 4.39 Å². The molecule has 1 aromatic heterocycles. The summed E-state index contributed by atoms with van der Waals surface area (Å²) in [5.74, 6) is 0.388. The van der Waals surface area contributed by atoms with Crippen LogP contribution in [-0.2, 0) is 17.8 Å². The number of nitrogens with zero attached hydrogens (tertiary/aromatic N) is 1. The topological polar surface area (TPSA) is 51.2 Å². The maximum atomic E-state index is 13.1. The predicted octanol–water partition coefficient (Wildman–Crippen LogP) is 4.99. The third-order valence-electron chi connectivity index (χ3n) is 4.03. The van der Waals surface area contributed by atoms with Gasteiger partial charge in [-0.2, -0.15) is 0 Å². The highest BCUT2D eigenvalue weighted by molar-refractivity contribution is 5.85. The van der Waals surface area contributed by atoms with Crippen LogP contribution in [-0.4, -0.2) is 17.5 Å². The Hall–Kier alpha value is -2.63. The summed E-state index contributed by atoms with van der Waals surface area (Å²) >= 11 is 0. The Morgan fingerprint density at radius 2 is 1.79 bits per heavy atom. The van der Waals surface area contributed by atoms with E-state index in [1.54, 1.807) is 18.3 Å². The monoisotopic (exact) mass is 436 g/mol. The molecule has 154 valence electrons. The first-order valence-corrected chi connectivity index (χ1v) is 8.83. The van der Waals surface area contributed by atoms with Gasteiger partial charge in [0.2, 0.25) is 5.91 Å². The number of benzene rings is 2. The van der Waals surface area contributed by atoms with Gasteiger partial charge in [0.05, 0.1) is 18.7 Å². The van der Waals surface area contributed by atoms with Crippen LogP contribution in [0.25, 0.3) is 11.3 Å². The standard InChI is InChI=1S/C22H21FN2O2.2ClH/c1-2-27-20-9-7-18(8-10-20)21-11-6-17(14-24-21)13-22(26)25-15-16-4-3-5-19(23)12-16;;/h3-12,14H,2,13,15H2,1H3,(H,25,26);2*1H. The quantitative estimate of drug-likeness (QED) is 0.567. The molecule has 29 heavy (non-hydrogen) atoms. The van der Waals surface area contributed by atoms with Crippen molar-refractivity contribution in [3.8, 4) is 17.0 Å². The second kappa shape index (κ2) is 12.0. The molecule has 2 aromatic carbocycles. The number of ether oxygens (including phenoxy) is 1. The number of carbonyl (C=O) groups is 1. The van der Waals surface area contributed by atoms with Gasteiger partial charge in [-0.15, -0.1) is 24.8 Å². The summed E-state index contributed by atoms with van der Waals surface area (Å²) in [6, 6.07) is 17.7. The SMILES string of the molecule is CCOc1ccc(-c2ccc(CC(=O)NCc3cccc(F)c3)cn2)cc1.Cl.Cl. The molecule has 1 N–H and O–H groups in total. The molecule has 0 saturated heterocycles. The van der Waals surface area contributed by atoms with Gasteiger partial charge < -0.3 is 10.1 Å². The molecule has 0 atom stereocenters. The van der Waals surface area contributed by atoms with E-state index in [2.05, 4.69) is 10.3 Å². The molecule has 0 unspecified atom stereocenters. The van der Waals surface area contributed by atoms with Crippen LogP contribution < -0.4 is 10.1 Å². The number of aromatic nitrogens is 1. The molecule has 0 aliphatic heterocycles. The number of pyridine rings is 1. The Labute approximate surface area is 182 Å². The van der Waals surface area contributed by atoms with Crippen molar-refractivity contribution in [1.82, 2.24) is 10.3 Å². The van der Waals surface area contributed by atoms with E-state index >= 15 is 0 Å². The number of carbonyl (C=O) groups excluding carboxylic acids is 1. The minimum Gasteiger partial charge on any atom is -0.494 e. The van der Waals surface area contributed by atoms with Gasteiger partial charge in [-0.3, -0.25) is 9.78 Å². The van der Waals surface area contributed by atoms with E-state index in [0.29, 0.717) is 13.2 Å². The average Bonchev–Trinajstić information content (AvgIpc) is 2.68. The van der Waals surface area contributed by atoms with E-state index in [4.69, 9.17) is 4.74 Å². The van der Waals surface area contributed by atoms with Crippen molar-refractivity contribution in [1.29, 1.82) is 0 Å². The lowest BCUT2D eigenvalue weighted by Gasteiger charge is -2.07. The van der Waals surface area contributed by atoms with E-state index in [0.717, 1.165) is 28.1 Å². The number of halogens is 3. The van der Waals surface area contributed by atoms with Crippen molar-refractivity contribution >= 4 is 30.7 Å². The Morgan fingerprint density at radius 3 is 2.41 bits per heavy atom. The van der Waals surface area contributed by atoms with Gasteiger partial charge in [0.25, 0.3) is 0 Å². The number of amides is 1. The van der Waals surface area contributed by atoms with Crippen molar-refractivity contribution in [2.75, 3.05) is 6.61 Å². The van der Waals surface area contributed by atoms with Gasteiger partial charge in [-0.05, 0) is 60.5 Å². The summed E-state index contributed by atoms with van der Waals surface area (Å²) in [6.45, 7) is 2.88. The summed E-state index contributed by atoms with van der Waals surface area (Å²) in [6.07, 6.45) is 1.93. The first-order chi connectivity index (χ1) is 13.1. The molecule has 0 fully saturated rings. The lowest BCUT2D eigenvalue weighted by atomic mass is 10.1. The molecule has 0 aliphatic rings. The molecule has 0 bridgehead atoms. The van der Waals surface area contributed by atoms with E-state index in [-0.39, 0.29) is 43.0 Å². The summed E-state index contributed by atoms with van der Waals surface area (Å²) < 4.78 is 18.6. The van der Waals surface area contributed by atoms with Crippen molar-refractivity contribution in [3.63, 3.8) is 0 Å². The second-order valence-electron chi connectivity index (χ2n) is 6.09. The highest BCUT2D eigenvalue weighted by Gasteiger charge is 2.06. The third kappa shape index (κ3) is 7.37. The molecular formula is C22H23Cl2FN2O2. The van der Waals surface area contributed by atoms with Crippen LogP contribution in [0.5, 0.6) is 5.75 Å². The Balaban J connectivity index is 0.00000210. The van der Waals surface area contributed by atoms with E-state index in [1.807, 2.05) is 43.3 Å². The first kappa shape index (κ1) is 24.4. The van der Waals surface area contributed by atoms with Gasteiger partial charge >= 0.3 is 0 Å². The van der Waals surface area contributed by atoms with Crippen LogP contribution in [0.3, 0.4) is 0 Å². The maximum absolute atomic E-state index is 13.1. The highest BCUT2D eigenvalue weighted by Crippen LogP contribution is 2.21. The molecule has 3 aromatic rings. The molecular weight excluding hydrogens is 414 g/mol. The molecule has 3 rings (SSSR count). The zero-order chi connectivity index (χ0) is 19.1. The minimum atomic E-state index is -0.309. The summed E-state index contributed by atoms with van der Waals surface area (Å²) in [5.41, 5.74) is 3.37. The van der Waals surface area contributed by atoms with Crippen LogP contribution >= 0.6 is 24.8 Å². The van der Waals surface area contributed by atoms with Gasteiger partial charge in [0.15, 0.2) is 0 Å². The minimum absolute atomic E-state index is 0. The van der Waals surface area contributed by atoms with E-state index in [9.17, 15) is 9.18 Å². The molecule has 7 heteroatoms. The average molecular weight is 437 g/mol. The van der Waals surface area contributed by atoms with Crippen LogP contribution in [0.1, 0.15) is 18.1 Å². The molecule has 0 aliphatic carbocycles. The largest absolute Gasteiger partial charge is 0.494 e. The third-order valence-corrected chi connectivity index (χ3v) is 4.03. The predicted molar refractivity (Wildman–Crippen MR) is 117 cm³/mol. The van der Waals surface area contributed by atoms with E-state index in [1.165, 1.54) is 12.1 Å². The Morgan fingerprint density at radius 1 is 1.03 bits per heavy atom. The second-order valence-corrected chi connectivity index (χ2v) is 6.09. The van der Waals surface area contributed by atoms with Crippen molar-refractivity contribution < 1.29 is 13.9 Å². The maximum Gasteiger partial charge on any atom is 0.224 e. The number of hydrogen-bond donors (Lipinski definition) is 1. The zero-order valence-corrected chi connectivity index (χ0v) is 17.6. The molecule has 1 amide bonds. The summed E-state index contributed by atoms with van der Waals surface area (Å²) in [7, 11) is 0. The van der Waals surface area contributed by atoms with Crippen LogP contribution in [0.4, 0.5) is 4.39 Å². The molecule has 0 saturated carbocycles. The van der Waals surface area contributed by atoms with Crippen molar-refractivity contribution in [3.05, 3.63) is 83.8 Å². The van der Waals surface area contributed by atoms with Crippen LogP contribution in [0, 0.1) is 5.82 Å².